The zero-order valence-electron chi connectivity index (χ0n) is 9.92. The van der Waals surface area contributed by atoms with E-state index in [9.17, 15) is 9.18 Å². The maximum atomic E-state index is 14.1. The molecule has 2 rings (SSSR count). The summed E-state index contributed by atoms with van der Waals surface area (Å²) in [6.07, 6.45) is -0.208. The molecule has 0 radical (unpaired) electrons. The molecule has 0 unspecified atom stereocenters. The Labute approximate surface area is 108 Å². The van der Waals surface area contributed by atoms with Crippen LogP contribution in [0.4, 0.5) is 4.39 Å². The Kier molecular flexibility index (Phi) is 3.11. The SMILES string of the molecule is CC(C)(CC(=O)O)c1cc2c(c(Cl)c1F)OCO2. The van der Waals surface area contributed by atoms with E-state index in [0.29, 0.717) is 5.75 Å². The molecule has 1 aromatic carbocycles. The van der Waals surface area contributed by atoms with Gasteiger partial charge in [0.15, 0.2) is 11.5 Å². The van der Waals surface area contributed by atoms with Crippen LogP contribution in [0, 0.1) is 5.82 Å². The lowest BCUT2D eigenvalue weighted by Crippen LogP contribution is -2.23. The second-order valence-corrected chi connectivity index (χ2v) is 5.12. The lowest BCUT2D eigenvalue weighted by molar-refractivity contribution is -0.138. The smallest absolute Gasteiger partial charge is 0.304 e. The molecule has 1 N–H and O–H groups in total. The molecular formula is C12H12ClFO4. The fraction of sp³-hybridized carbons (Fsp3) is 0.417. The summed E-state index contributed by atoms with van der Waals surface area (Å²) in [5, 5.41) is 8.68. The Balaban J connectivity index is 2.52. The molecule has 0 spiro atoms. The minimum atomic E-state index is -1.01. The van der Waals surface area contributed by atoms with Crippen LogP contribution in [-0.2, 0) is 10.2 Å². The van der Waals surface area contributed by atoms with Crippen molar-refractivity contribution in [2.45, 2.75) is 25.7 Å². The lowest BCUT2D eigenvalue weighted by atomic mass is 9.81. The first kappa shape index (κ1) is 13.0. The molecule has 98 valence electrons. The van der Waals surface area contributed by atoms with Crippen LogP contribution in [-0.4, -0.2) is 17.9 Å². The van der Waals surface area contributed by atoms with Gasteiger partial charge in [-0.2, -0.15) is 0 Å². The summed E-state index contributed by atoms with van der Waals surface area (Å²) in [7, 11) is 0. The highest BCUT2D eigenvalue weighted by Crippen LogP contribution is 2.45. The third kappa shape index (κ3) is 2.10. The fourth-order valence-corrected chi connectivity index (χ4v) is 2.19. The van der Waals surface area contributed by atoms with Gasteiger partial charge in [0.2, 0.25) is 6.79 Å². The van der Waals surface area contributed by atoms with E-state index in [1.807, 2.05) is 0 Å². The van der Waals surface area contributed by atoms with E-state index in [0.717, 1.165) is 0 Å². The number of carboxylic acid groups (broad SMARTS) is 1. The van der Waals surface area contributed by atoms with Gasteiger partial charge in [-0.25, -0.2) is 4.39 Å². The van der Waals surface area contributed by atoms with Crippen LogP contribution >= 0.6 is 11.6 Å². The molecule has 0 aliphatic carbocycles. The second kappa shape index (κ2) is 4.31. The van der Waals surface area contributed by atoms with Crippen molar-refractivity contribution < 1.29 is 23.8 Å². The van der Waals surface area contributed by atoms with Gasteiger partial charge in [0.05, 0.1) is 6.42 Å². The van der Waals surface area contributed by atoms with Crippen molar-refractivity contribution in [3.63, 3.8) is 0 Å². The van der Waals surface area contributed by atoms with Gasteiger partial charge in [0, 0.05) is 5.41 Å². The van der Waals surface area contributed by atoms with Gasteiger partial charge in [0.1, 0.15) is 10.8 Å². The highest BCUT2D eigenvalue weighted by molar-refractivity contribution is 6.32. The predicted octanol–water partition coefficient (Wildman–Crippen LogP) is 2.96. The van der Waals surface area contributed by atoms with Crippen LogP contribution in [0.5, 0.6) is 11.5 Å². The van der Waals surface area contributed by atoms with Gasteiger partial charge in [-0.15, -0.1) is 0 Å². The Morgan fingerprint density at radius 3 is 2.83 bits per heavy atom. The van der Waals surface area contributed by atoms with Crippen molar-refractivity contribution >= 4 is 17.6 Å². The summed E-state index contributed by atoms with van der Waals surface area (Å²) in [5.41, 5.74) is -0.681. The molecule has 6 heteroatoms. The van der Waals surface area contributed by atoms with Crippen LogP contribution in [0.25, 0.3) is 0 Å². The molecule has 0 saturated heterocycles. The first-order valence-electron chi connectivity index (χ1n) is 5.33. The number of carbonyl (C=O) groups is 1. The van der Waals surface area contributed by atoms with E-state index in [1.165, 1.54) is 6.07 Å². The molecule has 1 aromatic rings. The largest absolute Gasteiger partial charge is 0.481 e. The third-order valence-electron chi connectivity index (χ3n) is 2.87. The summed E-state index contributed by atoms with van der Waals surface area (Å²) in [4.78, 5) is 10.8. The number of carboxylic acids is 1. The van der Waals surface area contributed by atoms with Crippen molar-refractivity contribution in [3.8, 4) is 11.5 Å². The van der Waals surface area contributed by atoms with Crippen molar-refractivity contribution in [2.24, 2.45) is 0 Å². The lowest BCUT2D eigenvalue weighted by Gasteiger charge is -2.24. The van der Waals surface area contributed by atoms with Crippen LogP contribution in [0.3, 0.4) is 0 Å². The van der Waals surface area contributed by atoms with Crippen molar-refractivity contribution in [2.75, 3.05) is 6.79 Å². The van der Waals surface area contributed by atoms with Crippen LogP contribution in [0.15, 0.2) is 6.07 Å². The van der Waals surface area contributed by atoms with Gasteiger partial charge >= 0.3 is 5.97 Å². The topological polar surface area (TPSA) is 55.8 Å². The van der Waals surface area contributed by atoms with E-state index < -0.39 is 17.2 Å². The Bertz CT molecular complexity index is 513. The summed E-state index contributed by atoms with van der Waals surface area (Å²) in [5.74, 6) is -1.15. The van der Waals surface area contributed by atoms with Crippen molar-refractivity contribution in [1.29, 1.82) is 0 Å². The predicted molar refractivity (Wildman–Crippen MR) is 62.8 cm³/mol. The van der Waals surface area contributed by atoms with Gasteiger partial charge in [-0.1, -0.05) is 25.4 Å². The number of fused-ring (bicyclic) bond motifs is 1. The number of hydrogen-bond donors (Lipinski definition) is 1. The molecule has 1 aliphatic rings. The van der Waals surface area contributed by atoms with Crippen molar-refractivity contribution in [1.82, 2.24) is 0 Å². The zero-order chi connectivity index (χ0) is 13.5. The maximum absolute atomic E-state index is 14.1. The fourth-order valence-electron chi connectivity index (χ4n) is 1.95. The standard InChI is InChI=1S/C12H12ClFO4/c1-12(2,4-8(15)16)6-3-7-11(18-5-17-7)9(13)10(6)14/h3H,4-5H2,1-2H3,(H,15,16). The summed E-state index contributed by atoms with van der Waals surface area (Å²) in [6.45, 7) is 3.26. The molecule has 0 bridgehead atoms. The molecule has 18 heavy (non-hydrogen) atoms. The summed E-state index contributed by atoms with van der Waals surface area (Å²) in [6, 6.07) is 1.45. The highest BCUT2D eigenvalue weighted by atomic mass is 35.5. The minimum Gasteiger partial charge on any atom is -0.481 e. The van der Waals surface area contributed by atoms with Gasteiger partial charge in [0.25, 0.3) is 0 Å². The van der Waals surface area contributed by atoms with E-state index in [-0.39, 0.29) is 29.5 Å². The van der Waals surface area contributed by atoms with Crippen molar-refractivity contribution in [3.05, 3.63) is 22.5 Å². The van der Waals surface area contributed by atoms with E-state index in [2.05, 4.69) is 0 Å². The average molecular weight is 275 g/mol. The quantitative estimate of drug-likeness (QED) is 0.921. The number of rotatable bonds is 3. The van der Waals surface area contributed by atoms with Gasteiger partial charge in [-0.3, -0.25) is 4.79 Å². The van der Waals surface area contributed by atoms with Crippen LogP contribution in [0.2, 0.25) is 5.02 Å². The molecule has 1 aliphatic heterocycles. The summed E-state index contributed by atoms with van der Waals surface area (Å²) < 4.78 is 24.3. The summed E-state index contributed by atoms with van der Waals surface area (Å²) >= 11 is 5.86. The van der Waals surface area contributed by atoms with Crippen LogP contribution in [0.1, 0.15) is 25.8 Å². The number of benzene rings is 1. The Morgan fingerprint density at radius 1 is 1.56 bits per heavy atom. The van der Waals surface area contributed by atoms with E-state index >= 15 is 0 Å². The molecule has 0 aromatic heterocycles. The average Bonchev–Trinajstić information content (AvgIpc) is 2.69. The first-order valence-corrected chi connectivity index (χ1v) is 5.70. The Hall–Kier alpha value is -1.49. The maximum Gasteiger partial charge on any atom is 0.304 e. The minimum absolute atomic E-state index is 0.0166. The molecule has 0 atom stereocenters. The number of ether oxygens (including phenoxy) is 2. The van der Waals surface area contributed by atoms with Gasteiger partial charge < -0.3 is 14.6 Å². The highest BCUT2D eigenvalue weighted by Gasteiger charge is 2.32. The van der Waals surface area contributed by atoms with E-state index in [1.54, 1.807) is 13.8 Å². The number of halogens is 2. The number of hydrogen-bond acceptors (Lipinski definition) is 3. The normalized spacial score (nSPS) is 13.8. The van der Waals surface area contributed by atoms with Crippen LogP contribution < -0.4 is 9.47 Å². The van der Waals surface area contributed by atoms with E-state index in [4.69, 9.17) is 26.2 Å². The molecular weight excluding hydrogens is 263 g/mol. The monoisotopic (exact) mass is 274 g/mol. The molecule has 0 saturated carbocycles. The first-order chi connectivity index (χ1) is 8.33. The number of aliphatic carboxylic acids is 1. The van der Waals surface area contributed by atoms with Gasteiger partial charge in [-0.05, 0) is 11.6 Å². The molecule has 4 nitrogen and oxygen atoms in total. The second-order valence-electron chi connectivity index (χ2n) is 4.74. The molecule has 0 fully saturated rings. The zero-order valence-corrected chi connectivity index (χ0v) is 10.7. The Morgan fingerprint density at radius 2 is 2.22 bits per heavy atom. The molecule has 1 heterocycles. The third-order valence-corrected chi connectivity index (χ3v) is 3.21. The molecule has 0 amide bonds.